The van der Waals surface area contributed by atoms with Gasteiger partial charge in [0.15, 0.2) is 10.9 Å². The maximum Gasteiger partial charge on any atom is 0.226 e. The van der Waals surface area contributed by atoms with Gasteiger partial charge in [0.2, 0.25) is 5.91 Å². The third-order valence-electron chi connectivity index (χ3n) is 3.45. The predicted octanol–water partition coefficient (Wildman–Crippen LogP) is 4.31. The molecule has 1 aromatic heterocycles. The van der Waals surface area contributed by atoms with E-state index in [2.05, 4.69) is 17.2 Å². The van der Waals surface area contributed by atoms with Crippen molar-refractivity contribution in [1.82, 2.24) is 4.98 Å². The van der Waals surface area contributed by atoms with E-state index in [9.17, 15) is 9.59 Å². The molecule has 0 saturated heterocycles. The molecule has 0 aliphatic rings. The van der Waals surface area contributed by atoms with Gasteiger partial charge in [-0.05, 0) is 30.7 Å². The van der Waals surface area contributed by atoms with Crippen LogP contribution in [0.1, 0.15) is 49.4 Å². The molecule has 0 fully saturated rings. The molecule has 2 aromatic rings. The molecule has 5 nitrogen and oxygen atoms in total. The lowest BCUT2D eigenvalue weighted by atomic mass is 10.1. The van der Waals surface area contributed by atoms with Crippen LogP contribution < -0.4 is 10.1 Å². The van der Waals surface area contributed by atoms with E-state index in [4.69, 9.17) is 4.74 Å². The van der Waals surface area contributed by atoms with Gasteiger partial charge in [0.1, 0.15) is 5.75 Å². The van der Waals surface area contributed by atoms with Crippen molar-refractivity contribution >= 4 is 28.2 Å². The lowest BCUT2D eigenvalue weighted by Crippen LogP contribution is -2.13. The number of unbranched alkanes of at least 4 members (excludes halogenated alkanes) is 2. The van der Waals surface area contributed by atoms with E-state index in [1.165, 1.54) is 11.3 Å². The van der Waals surface area contributed by atoms with Crippen molar-refractivity contribution in [2.24, 2.45) is 0 Å². The highest BCUT2D eigenvalue weighted by Crippen LogP contribution is 2.15. The molecule has 1 heterocycles. The lowest BCUT2D eigenvalue weighted by molar-refractivity contribution is -0.116. The second kappa shape index (κ2) is 9.82. The fraction of sp³-hybridized carbons (Fsp3) is 0.389. The minimum Gasteiger partial charge on any atom is -0.494 e. The Morgan fingerprint density at radius 2 is 1.96 bits per heavy atom. The molecule has 0 bridgehead atoms. The number of nitrogens with zero attached hydrogens (tertiary/aromatic N) is 1. The summed E-state index contributed by atoms with van der Waals surface area (Å²) in [7, 11) is 0. The summed E-state index contributed by atoms with van der Waals surface area (Å²) >= 11 is 1.35. The first-order valence-corrected chi connectivity index (χ1v) is 9.02. The van der Waals surface area contributed by atoms with Crippen LogP contribution in [0.25, 0.3) is 0 Å². The van der Waals surface area contributed by atoms with E-state index in [1.807, 2.05) is 0 Å². The number of benzene rings is 1. The average Bonchev–Trinajstić information content (AvgIpc) is 3.10. The van der Waals surface area contributed by atoms with Gasteiger partial charge < -0.3 is 10.1 Å². The Kier molecular flexibility index (Phi) is 7.42. The van der Waals surface area contributed by atoms with Crippen LogP contribution in [0.5, 0.6) is 5.75 Å². The molecule has 0 spiro atoms. The van der Waals surface area contributed by atoms with Crippen LogP contribution in [0.15, 0.2) is 35.8 Å². The molecule has 0 atom stereocenters. The second-order valence-electron chi connectivity index (χ2n) is 5.39. The fourth-order valence-electron chi connectivity index (χ4n) is 2.12. The third kappa shape index (κ3) is 6.12. The summed E-state index contributed by atoms with van der Waals surface area (Å²) in [6.07, 6.45) is 5.29. The summed E-state index contributed by atoms with van der Waals surface area (Å²) in [5, 5.41) is 5.00. The van der Waals surface area contributed by atoms with Crippen LogP contribution in [-0.4, -0.2) is 23.3 Å². The van der Waals surface area contributed by atoms with E-state index < -0.39 is 0 Å². The van der Waals surface area contributed by atoms with Gasteiger partial charge >= 0.3 is 0 Å². The van der Waals surface area contributed by atoms with Crippen LogP contribution in [-0.2, 0) is 4.79 Å². The smallest absolute Gasteiger partial charge is 0.226 e. The number of hydrogen-bond donors (Lipinski definition) is 1. The Labute approximate surface area is 146 Å². The summed E-state index contributed by atoms with van der Waals surface area (Å²) in [5.41, 5.74) is 0.595. The van der Waals surface area contributed by atoms with Crippen molar-refractivity contribution in [3.05, 3.63) is 41.4 Å². The highest BCUT2D eigenvalue weighted by Gasteiger charge is 2.10. The summed E-state index contributed by atoms with van der Waals surface area (Å²) < 4.78 is 5.62. The first-order chi connectivity index (χ1) is 11.7. The second-order valence-corrected chi connectivity index (χ2v) is 6.28. The number of nitrogens with one attached hydrogen (secondary N) is 1. The highest BCUT2D eigenvalue weighted by atomic mass is 32.1. The molecular formula is C18H22N2O3S. The topological polar surface area (TPSA) is 68.3 Å². The zero-order valence-corrected chi connectivity index (χ0v) is 14.6. The van der Waals surface area contributed by atoms with Crippen molar-refractivity contribution in [2.75, 3.05) is 11.9 Å². The SMILES string of the molecule is CCCCCOc1ccc(C(=O)CCC(=O)Nc2nccs2)cc1. The number of rotatable bonds is 10. The first-order valence-electron chi connectivity index (χ1n) is 8.14. The van der Waals surface area contributed by atoms with Gasteiger partial charge in [0.25, 0.3) is 0 Å². The zero-order chi connectivity index (χ0) is 17.2. The van der Waals surface area contributed by atoms with Crippen molar-refractivity contribution in [2.45, 2.75) is 39.0 Å². The average molecular weight is 346 g/mol. The summed E-state index contributed by atoms with van der Waals surface area (Å²) in [5.74, 6) is 0.514. The van der Waals surface area contributed by atoms with Crippen molar-refractivity contribution in [3.63, 3.8) is 0 Å². The number of carbonyl (C=O) groups is 2. The molecule has 1 N–H and O–H groups in total. The summed E-state index contributed by atoms with van der Waals surface area (Å²) in [4.78, 5) is 27.9. The normalized spacial score (nSPS) is 10.4. The Hall–Kier alpha value is -2.21. The molecule has 128 valence electrons. The molecule has 0 radical (unpaired) electrons. The van der Waals surface area contributed by atoms with Gasteiger partial charge in [-0.3, -0.25) is 9.59 Å². The Morgan fingerprint density at radius 1 is 1.17 bits per heavy atom. The molecule has 24 heavy (non-hydrogen) atoms. The van der Waals surface area contributed by atoms with E-state index in [1.54, 1.807) is 35.8 Å². The number of amides is 1. The Bertz CT molecular complexity index is 639. The Morgan fingerprint density at radius 3 is 2.62 bits per heavy atom. The van der Waals surface area contributed by atoms with Gasteiger partial charge in [0.05, 0.1) is 6.61 Å². The molecule has 0 aliphatic heterocycles. The number of aromatic nitrogens is 1. The van der Waals surface area contributed by atoms with E-state index >= 15 is 0 Å². The van der Waals surface area contributed by atoms with E-state index in [0.717, 1.165) is 25.0 Å². The minimum absolute atomic E-state index is 0.0539. The number of anilines is 1. The maximum absolute atomic E-state index is 12.1. The molecule has 2 rings (SSSR count). The number of ether oxygens (including phenoxy) is 1. The van der Waals surface area contributed by atoms with Crippen LogP contribution in [0.4, 0.5) is 5.13 Å². The van der Waals surface area contributed by atoms with E-state index in [-0.39, 0.29) is 24.5 Å². The molecular weight excluding hydrogens is 324 g/mol. The van der Waals surface area contributed by atoms with Crippen LogP contribution in [0, 0.1) is 0 Å². The quantitative estimate of drug-likeness (QED) is 0.514. The van der Waals surface area contributed by atoms with Crippen LogP contribution in [0.3, 0.4) is 0 Å². The Balaban J connectivity index is 1.74. The number of hydrogen-bond acceptors (Lipinski definition) is 5. The highest BCUT2D eigenvalue weighted by molar-refractivity contribution is 7.13. The molecule has 6 heteroatoms. The fourth-order valence-corrected chi connectivity index (χ4v) is 2.66. The minimum atomic E-state index is -0.200. The van der Waals surface area contributed by atoms with Crippen molar-refractivity contribution in [1.29, 1.82) is 0 Å². The largest absolute Gasteiger partial charge is 0.494 e. The first kappa shape index (κ1) is 18.1. The predicted molar refractivity (Wildman–Crippen MR) is 95.8 cm³/mol. The zero-order valence-electron chi connectivity index (χ0n) is 13.8. The number of Topliss-reactive ketones (excluding diaryl/α,β-unsaturated/α-hetero) is 1. The summed E-state index contributed by atoms with van der Waals surface area (Å²) in [6, 6.07) is 7.09. The standard InChI is InChI=1S/C18H22N2O3S/c1-2-3-4-12-23-15-7-5-14(6-8-15)16(21)9-10-17(22)20-18-19-11-13-24-18/h5-8,11,13H,2-4,9-10,12H2,1H3,(H,19,20,22). The summed E-state index contributed by atoms with van der Waals surface area (Å²) in [6.45, 7) is 2.84. The number of ketones is 1. The van der Waals surface area contributed by atoms with Gasteiger partial charge in [-0.2, -0.15) is 0 Å². The number of thiazole rings is 1. The molecule has 0 unspecified atom stereocenters. The molecule has 1 amide bonds. The van der Waals surface area contributed by atoms with Crippen molar-refractivity contribution < 1.29 is 14.3 Å². The molecule has 0 saturated carbocycles. The molecule has 1 aromatic carbocycles. The van der Waals surface area contributed by atoms with E-state index in [0.29, 0.717) is 17.3 Å². The van der Waals surface area contributed by atoms with Gasteiger partial charge in [-0.25, -0.2) is 4.98 Å². The van der Waals surface area contributed by atoms with Crippen LogP contribution >= 0.6 is 11.3 Å². The number of carbonyl (C=O) groups excluding carboxylic acids is 2. The third-order valence-corrected chi connectivity index (χ3v) is 4.14. The lowest BCUT2D eigenvalue weighted by Gasteiger charge is -2.06. The maximum atomic E-state index is 12.1. The molecule has 0 aliphatic carbocycles. The van der Waals surface area contributed by atoms with Gasteiger partial charge in [0, 0.05) is 30.0 Å². The van der Waals surface area contributed by atoms with Gasteiger partial charge in [-0.15, -0.1) is 11.3 Å². The van der Waals surface area contributed by atoms with Crippen molar-refractivity contribution in [3.8, 4) is 5.75 Å². The van der Waals surface area contributed by atoms with Crippen LogP contribution in [0.2, 0.25) is 0 Å². The van der Waals surface area contributed by atoms with Gasteiger partial charge in [-0.1, -0.05) is 19.8 Å². The monoisotopic (exact) mass is 346 g/mol.